The van der Waals surface area contributed by atoms with E-state index >= 15 is 0 Å². The van der Waals surface area contributed by atoms with Crippen molar-refractivity contribution in [1.82, 2.24) is 0 Å². The largest absolute Gasteiger partial charge is 0.367 e. The summed E-state index contributed by atoms with van der Waals surface area (Å²) in [6, 6.07) is 0. The van der Waals surface area contributed by atoms with Crippen LogP contribution in [-0.2, 0) is 14.9 Å². The van der Waals surface area contributed by atoms with Gasteiger partial charge in [-0.1, -0.05) is 6.92 Å². The summed E-state index contributed by atoms with van der Waals surface area (Å²) in [6.07, 6.45) is 1.77. The number of nitrogens with two attached hydrogens (primary N) is 1. The first-order valence-corrected chi connectivity index (χ1v) is 4.97. The lowest BCUT2D eigenvalue weighted by Crippen LogP contribution is -2.04. The van der Waals surface area contributed by atoms with E-state index in [1.54, 1.807) is 0 Å². The first-order chi connectivity index (χ1) is 4.91. The molecule has 0 aromatic heterocycles. The summed E-state index contributed by atoms with van der Waals surface area (Å²) in [4.78, 5) is 0. The fourth-order valence-corrected chi connectivity index (χ4v) is 0.228. The van der Waals surface area contributed by atoms with Crippen LogP contribution in [-0.4, -0.2) is 32.6 Å². The molecule has 3 N–H and O–H groups in total. The Morgan fingerprint density at radius 1 is 1.55 bits per heavy atom. The molecule has 0 heterocycles. The molecule has 0 aromatic carbocycles. The second-order valence-corrected chi connectivity index (χ2v) is 3.27. The van der Waals surface area contributed by atoms with Crippen molar-refractivity contribution in [2.45, 2.75) is 13.3 Å². The van der Waals surface area contributed by atoms with Gasteiger partial charge in [-0.2, -0.15) is 8.42 Å². The maximum Gasteiger partial charge on any atom is 0.261 e. The Hall–Kier alpha value is -0.170. The van der Waals surface area contributed by atoms with Gasteiger partial charge in [0.25, 0.3) is 10.1 Å². The van der Waals surface area contributed by atoms with E-state index in [1.165, 1.54) is 0 Å². The number of ether oxygens (including phenoxy) is 1. The minimum absolute atomic E-state index is 0.355. The molecule has 5 nitrogen and oxygen atoms in total. The fourth-order valence-electron chi connectivity index (χ4n) is 0.228. The zero-order valence-corrected chi connectivity index (χ0v) is 7.60. The Labute approximate surface area is 67.3 Å². The standard InChI is InChI=1S/C4H11NO.CH4O3S/c1-2-3-6-4-5;1-5(2,3)4/h2-5H2,1H3;1H3,(H,2,3,4). The lowest BCUT2D eigenvalue weighted by atomic mass is 10.5. The molecule has 0 radical (unpaired) electrons. The van der Waals surface area contributed by atoms with E-state index in [0.717, 1.165) is 13.0 Å². The van der Waals surface area contributed by atoms with Gasteiger partial charge < -0.3 is 10.5 Å². The highest BCUT2D eigenvalue weighted by atomic mass is 32.2. The van der Waals surface area contributed by atoms with E-state index in [4.69, 9.17) is 15.0 Å². The molecule has 0 saturated carbocycles. The molecule has 0 aromatic rings. The van der Waals surface area contributed by atoms with E-state index in [2.05, 4.69) is 6.92 Å². The SMILES string of the molecule is CCCOCN.CS(=O)(=O)O. The van der Waals surface area contributed by atoms with Gasteiger partial charge in [0.2, 0.25) is 0 Å². The topological polar surface area (TPSA) is 89.6 Å². The quantitative estimate of drug-likeness (QED) is 0.362. The van der Waals surface area contributed by atoms with Gasteiger partial charge in [0.05, 0.1) is 13.0 Å². The van der Waals surface area contributed by atoms with E-state index in [-0.39, 0.29) is 0 Å². The molecule has 70 valence electrons. The molecular formula is C5H15NO4S. The first-order valence-electron chi connectivity index (χ1n) is 3.12. The van der Waals surface area contributed by atoms with Crippen LogP contribution in [0.5, 0.6) is 0 Å². The van der Waals surface area contributed by atoms with Crippen LogP contribution >= 0.6 is 0 Å². The van der Waals surface area contributed by atoms with Gasteiger partial charge in [0, 0.05) is 6.61 Å². The van der Waals surface area contributed by atoms with Crippen molar-refractivity contribution in [1.29, 1.82) is 0 Å². The molecule has 0 saturated heterocycles. The van der Waals surface area contributed by atoms with Crippen LogP contribution in [0.2, 0.25) is 0 Å². The average molecular weight is 185 g/mol. The van der Waals surface area contributed by atoms with Gasteiger partial charge >= 0.3 is 0 Å². The van der Waals surface area contributed by atoms with Gasteiger partial charge in [-0.3, -0.25) is 4.55 Å². The monoisotopic (exact) mass is 185 g/mol. The highest BCUT2D eigenvalue weighted by Gasteiger charge is 1.81. The van der Waals surface area contributed by atoms with Crippen LogP contribution in [0, 0.1) is 0 Å². The van der Waals surface area contributed by atoms with E-state index in [1.807, 2.05) is 0 Å². The van der Waals surface area contributed by atoms with E-state index < -0.39 is 10.1 Å². The molecule has 0 amide bonds. The highest BCUT2D eigenvalue weighted by molar-refractivity contribution is 7.85. The van der Waals surface area contributed by atoms with Crippen molar-refractivity contribution in [2.24, 2.45) is 5.73 Å². The fraction of sp³-hybridized carbons (Fsp3) is 1.00. The second-order valence-electron chi connectivity index (χ2n) is 1.81. The van der Waals surface area contributed by atoms with Crippen molar-refractivity contribution < 1.29 is 17.7 Å². The molecule has 0 aliphatic rings. The van der Waals surface area contributed by atoms with Crippen molar-refractivity contribution in [2.75, 3.05) is 19.6 Å². The average Bonchev–Trinajstić information content (AvgIpc) is 1.79. The van der Waals surface area contributed by atoms with Crippen LogP contribution in [0.3, 0.4) is 0 Å². The molecule has 0 bridgehead atoms. The molecule has 0 atom stereocenters. The maximum absolute atomic E-state index is 9.19. The molecule has 0 aliphatic heterocycles. The minimum Gasteiger partial charge on any atom is -0.367 e. The smallest absolute Gasteiger partial charge is 0.261 e. The summed E-state index contributed by atoms with van der Waals surface area (Å²) in [6.45, 7) is 3.19. The van der Waals surface area contributed by atoms with Crippen LogP contribution in [0.1, 0.15) is 13.3 Å². The van der Waals surface area contributed by atoms with Crippen molar-refractivity contribution in [3.63, 3.8) is 0 Å². The predicted octanol–water partition coefficient (Wildman–Crippen LogP) is -0.167. The van der Waals surface area contributed by atoms with Gasteiger partial charge in [0.1, 0.15) is 0 Å². The summed E-state index contributed by atoms with van der Waals surface area (Å²) >= 11 is 0. The van der Waals surface area contributed by atoms with Gasteiger partial charge in [-0.25, -0.2) is 0 Å². The third-order valence-corrected chi connectivity index (χ3v) is 0.466. The molecule has 0 fully saturated rings. The summed E-state index contributed by atoms with van der Waals surface area (Å²) in [5.41, 5.74) is 4.99. The first kappa shape index (κ1) is 13.4. The summed E-state index contributed by atoms with van der Waals surface area (Å²) in [7, 11) is -3.67. The summed E-state index contributed by atoms with van der Waals surface area (Å²) in [5, 5.41) is 0. The van der Waals surface area contributed by atoms with Crippen LogP contribution < -0.4 is 5.73 Å². The molecule has 0 unspecified atom stereocenters. The molecule has 0 rings (SSSR count). The zero-order chi connectivity index (χ0) is 9.33. The van der Waals surface area contributed by atoms with Crippen LogP contribution in [0.4, 0.5) is 0 Å². The maximum atomic E-state index is 9.19. The van der Waals surface area contributed by atoms with Gasteiger partial charge in [-0.15, -0.1) is 0 Å². The third kappa shape index (κ3) is 75.2. The minimum atomic E-state index is -3.67. The van der Waals surface area contributed by atoms with Crippen LogP contribution in [0.25, 0.3) is 0 Å². The van der Waals surface area contributed by atoms with Crippen molar-refractivity contribution in [3.8, 4) is 0 Å². The van der Waals surface area contributed by atoms with Crippen LogP contribution in [0.15, 0.2) is 0 Å². The van der Waals surface area contributed by atoms with E-state index in [0.29, 0.717) is 13.0 Å². The Morgan fingerprint density at radius 2 is 1.91 bits per heavy atom. The van der Waals surface area contributed by atoms with Crippen molar-refractivity contribution in [3.05, 3.63) is 0 Å². The van der Waals surface area contributed by atoms with E-state index in [9.17, 15) is 8.42 Å². The van der Waals surface area contributed by atoms with Gasteiger partial charge in [-0.05, 0) is 6.42 Å². The summed E-state index contributed by atoms with van der Waals surface area (Å²) in [5.74, 6) is 0. The number of rotatable bonds is 3. The second kappa shape index (κ2) is 7.93. The highest BCUT2D eigenvalue weighted by Crippen LogP contribution is 1.73. The van der Waals surface area contributed by atoms with Crippen molar-refractivity contribution >= 4 is 10.1 Å². The Balaban J connectivity index is 0. The number of hydrogen-bond donors (Lipinski definition) is 2. The van der Waals surface area contributed by atoms with Gasteiger partial charge in [0.15, 0.2) is 0 Å². The molecule has 6 heteroatoms. The zero-order valence-electron chi connectivity index (χ0n) is 6.78. The Kier molecular flexibility index (Phi) is 9.68. The molecule has 11 heavy (non-hydrogen) atoms. The normalized spacial score (nSPS) is 10.2. The third-order valence-electron chi connectivity index (χ3n) is 0.466. The lowest BCUT2D eigenvalue weighted by molar-refractivity contribution is 0.141. The Bertz CT molecular complexity index is 142. The lowest BCUT2D eigenvalue weighted by Gasteiger charge is -1.91. The molecule has 0 spiro atoms. The molecule has 0 aliphatic carbocycles. The number of hydrogen-bond acceptors (Lipinski definition) is 4. The summed E-state index contributed by atoms with van der Waals surface area (Å²) < 4.78 is 30.6. The predicted molar refractivity (Wildman–Crippen MR) is 42.8 cm³/mol. The Morgan fingerprint density at radius 3 is 2.00 bits per heavy atom. The molecular weight excluding hydrogens is 170 g/mol.